The van der Waals surface area contributed by atoms with Crippen molar-refractivity contribution in [2.24, 2.45) is 0 Å². The summed E-state index contributed by atoms with van der Waals surface area (Å²) >= 11 is 0. The van der Waals surface area contributed by atoms with E-state index < -0.39 is 30.3 Å². The number of rotatable bonds is 54. The molecule has 0 rings (SSSR count). The van der Waals surface area contributed by atoms with E-state index in [1.54, 1.807) is 0 Å². The van der Waals surface area contributed by atoms with E-state index in [9.17, 15) is 19.5 Å². The van der Waals surface area contributed by atoms with Gasteiger partial charge in [0.25, 0.3) is 0 Å². The van der Waals surface area contributed by atoms with Crippen molar-refractivity contribution in [2.45, 2.75) is 193 Å². The van der Waals surface area contributed by atoms with E-state index in [1.165, 1.54) is 0 Å². The fourth-order valence-corrected chi connectivity index (χ4v) is 7.31. The number of carbonyl (C=O) groups is 3. The summed E-state index contributed by atoms with van der Waals surface area (Å²) in [5.41, 5.74) is 0. The summed E-state index contributed by atoms with van der Waals surface area (Å²) in [5.74, 6) is -2.42. The maximum Gasteiger partial charge on any atom is 0.306 e. The third-order valence-corrected chi connectivity index (χ3v) is 12.0. The van der Waals surface area contributed by atoms with E-state index >= 15 is 0 Å². The molecule has 2 atom stereocenters. The van der Waals surface area contributed by atoms with Gasteiger partial charge in [-0.05, 0) is 148 Å². The Bertz CT molecular complexity index is 2110. The lowest BCUT2D eigenvalue weighted by atomic mass is 10.1. The number of hydrogen-bond donors (Lipinski definition) is 0. The monoisotopic (exact) mass is 1140 g/mol. The molecule has 0 aliphatic rings. The third kappa shape index (κ3) is 63.3. The molecule has 83 heavy (non-hydrogen) atoms. The molecule has 9 heteroatoms. The van der Waals surface area contributed by atoms with Crippen LogP contribution in [0, 0.1) is 0 Å². The zero-order valence-corrected chi connectivity index (χ0v) is 52.2. The summed E-state index contributed by atoms with van der Waals surface area (Å²) < 4.78 is 22.6. The van der Waals surface area contributed by atoms with E-state index in [2.05, 4.69) is 220 Å². The van der Waals surface area contributed by atoms with Crippen molar-refractivity contribution in [2.75, 3.05) is 47.5 Å². The van der Waals surface area contributed by atoms with Crippen molar-refractivity contribution in [1.82, 2.24) is 0 Å². The normalized spacial score (nSPS) is 14.2. The van der Waals surface area contributed by atoms with Gasteiger partial charge in [0.1, 0.15) is 13.2 Å². The van der Waals surface area contributed by atoms with Crippen molar-refractivity contribution in [3.63, 3.8) is 0 Å². The molecule has 460 valence electrons. The van der Waals surface area contributed by atoms with Gasteiger partial charge in [-0.2, -0.15) is 0 Å². The highest BCUT2D eigenvalue weighted by molar-refractivity contribution is 5.70. The van der Waals surface area contributed by atoms with Crippen molar-refractivity contribution in [1.29, 1.82) is 0 Å². The largest absolute Gasteiger partial charge is 0.545 e. The van der Waals surface area contributed by atoms with Gasteiger partial charge in [-0.15, -0.1) is 0 Å². The highest BCUT2D eigenvalue weighted by Crippen LogP contribution is 2.11. The fraction of sp³-hybridized carbons (Fsp3) is 0.500. The Labute approximate surface area is 505 Å². The second kappa shape index (κ2) is 61.9. The molecule has 0 radical (unpaired) electrons. The zero-order chi connectivity index (χ0) is 60.5. The minimum atomic E-state index is -1.66. The molecular weight excluding hydrogens is 1030 g/mol. The number of allylic oxidation sites excluding steroid dienone is 34. The van der Waals surface area contributed by atoms with Crippen LogP contribution in [0.3, 0.4) is 0 Å². The average Bonchev–Trinajstić information content (AvgIpc) is 3.46. The molecule has 0 aromatic heterocycles. The van der Waals surface area contributed by atoms with Crippen LogP contribution in [-0.2, 0) is 33.3 Å². The van der Waals surface area contributed by atoms with Gasteiger partial charge in [0.2, 0.25) is 0 Å². The van der Waals surface area contributed by atoms with Crippen molar-refractivity contribution < 1.29 is 42.9 Å². The standard InChI is InChI=1S/C74H111NO8/c1-6-8-10-12-14-16-18-20-22-24-26-28-29-30-31-32-33-34-35-36-37-38-39-40-41-42-43-45-47-49-51-53-55-57-59-61-63-65-72(77)83-70(69-82-74(73(78)79)80-67-66-75(3,4)5)68-81-71(76)64-62-60-58-56-54-52-50-48-46-44-27-25-23-21-19-17-15-13-11-9-7-2/h8-11,14-17,20-23,26-28,30-31,33-34,36-37,39-40,42-44,47-50,53-56,70,74H,6-7,12-13,18-19,24-25,29,32,35,38,41,45-46,51-52,57-69H2,1-5H3/b10-8-,11-9-,16-14-,17-15-,22-20-,23-21-,28-26-,31-30-,34-33-,37-36-,40-39-,43-42-,44-27-,49-47-,50-48-,55-53-,56-54-. The number of likely N-dealkylation sites (N-methyl/N-ethyl adjacent to an activating group) is 1. The number of ether oxygens (including phenoxy) is 4. The number of carboxylic acids is 1. The minimum Gasteiger partial charge on any atom is -0.545 e. The maximum atomic E-state index is 12.9. The highest BCUT2D eigenvalue weighted by atomic mass is 16.7. The minimum absolute atomic E-state index is 0.120. The Morgan fingerprint density at radius 2 is 0.651 bits per heavy atom. The zero-order valence-electron chi connectivity index (χ0n) is 52.2. The van der Waals surface area contributed by atoms with Crippen molar-refractivity contribution >= 4 is 17.9 Å². The second-order valence-electron chi connectivity index (χ2n) is 20.9. The van der Waals surface area contributed by atoms with E-state index in [1.807, 2.05) is 21.1 Å². The first-order valence-electron chi connectivity index (χ1n) is 31.2. The Hall–Kier alpha value is -6.13. The molecule has 0 spiro atoms. The van der Waals surface area contributed by atoms with Crippen LogP contribution in [0.5, 0.6) is 0 Å². The number of carbonyl (C=O) groups excluding carboxylic acids is 3. The Morgan fingerprint density at radius 1 is 0.361 bits per heavy atom. The summed E-state index contributed by atoms with van der Waals surface area (Å²) in [6.45, 7) is 4.38. The predicted molar refractivity (Wildman–Crippen MR) is 351 cm³/mol. The summed E-state index contributed by atoms with van der Waals surface area (Å²) in [6, 6.07) is 0. The summed E-state index contributed by atoms with van der Waals surface area (Å²) in [6.07, 6.45) is 94.6. The fourth-order valence-electron chi connectivity index (χ4n) is 7.31. The van der Waals surface area contributed by atoms with Crippen LogP contribution in [0.1, 0.15) is 181 Å². The first kappa shape index (κ1) is 76.9. The van der Waals surface area contributed by atoms with Gasteiger partial charge >= 0.3 is 11.9 Å². The highest BCUT2D eigenvalue weighted by Gasteiger charge is 2.22. The van der Waals surface area contributed by atoms with Gasteiger partial charge in [0, 0.05) is 12.8 Å². The molecule has 0 amide bonds. The summed E-state index contributed by atoms with van der Waals surface area (Å²) in [5, 5.41) is 11.8. The molecular formula is C74H111NO8. The number of unbranched alkanes of at least 4 members (excludes halogenated alkanes) is 5. The maximum absolute atomic E-state index is 12.9. The lowest BCUT2D eigenvalue weighted by molar-refractivity contribution is -0.870. The number of carboxylic acid groups (broad SMARTS) is 1. The summed E-state index contributed by atoms with van der Waals surface area (Å²) in [7, 11) is 5.88. The average molecular weight is 1140 g/mol. The number of hydrogen-bond acceptors (Lipinski definition) is 8. The molecule has 0 bridgehead atoms. The number of aliphatic carboxylic acids is 1. The first-order valence-corrected chi connectivity index (χ1v) is 31.2. The van der Waals surface area contributed by atoms with Crippen LogP contribution in [0.15, 0.2) is 207 Å². The molecule has 0 aliphatic heterocycles. The van der Waals surface area contributed by atoms with E-state index in [0.29, 0.717) is 23.9 Å². The van der Waals surface area contributed by atoms with Crippen LogP contribution in [0.2, 0.25) is 0 Å². The molecule has 0 heterocycles. The van der Waals surface area contributed by atoms with Crippen molar-refractivity contribution in [3.05, 3.63) is 207 Å². The first-order chi connectivity index (χ1) is 40.6. The predicted octanol–water partition coefficient (Wildman–Crippen LogP) is 17.9. The molecule has 0 aromatic carbocycles. The smallest absolute Gasteiger partial charge is 0.306 e. The van der Waals surface area contributed by atoms with Crippen LogP contribution >= 0.6 is 0 Å². The van der Waals surface area contributed by atoms with Gasteiger partial charge in [-0.3, -0.25) is 9.59 Å². The molecule has 0 aliphatic carbocycles. The lowest BCUT2D eigenvalue weighted by Crippen LogP contribution is -2.44. The van der Waals surface area contributed by atoms with Gasteiger partial charge in [0.05, 0.1) is 40.3 Å². The van der Waals surface area contributed by atoms with Crippen LogP contribution in [0.4, 0.5) is 0 Å². The van der Waals surface area contributed by atoms with E-state index in [-0.39, 0.29) is 32.7 Å². The number of nitrogens with zero attached hydrogens (tertiary/aromatic N) is 1. The van der Waals surface area contributed by atoms with Crippen LogP contribution in [-0.4, -0.2) is 82.3 Å². The van der Waals surface area contributed by atoms with Gasteiger partial charge in [-0.25, -0.2) is 0 Å². The second-order valence-corrected chi connectivity index (χ2v) is 20.9. The molecule has 2 unspecified atom stereocenters. The SMILES string of the molecule is CC/C=C\C/C=C\C/C=C\C/C=C\C/C=C\C/C=C\C/C=C\C/C=C\C/C=C\C/C=C\C/C=C\CCCCCC(=O)OC(COC(=O)CCCC/C=C\C/C=C\C/C=C\C/C=C\C/C=C\C/C=C\CC)COC(OCC[N+](C)(C)C)C(=O)[O-]. The van der Waals surface area contributed by atoms with E-state index in [0.717, 1.165) is 141 Å². The van der Waals surface area contributed by atoms with Crippen LogP contribution < -0.4 is 5.11 Å². The Morgan fingerprint density at radius 3 is 0.964 bits per heavy atom. The topological polar surface area (TPSA) is 111 Å². The van der Waals surface area contributed by atoms with E-state index in [4.69, 9.17) is 18.9 Å². The molecule has 0 N–H and O–H groups in total. The number of esters is 2. The van der Waals surface area contributed by atoms with Gasteiger partial charge in [0.15, 0.2) is 12.4 Å². The Kier molecular flexibility index (Phi) is 57.4. The molecule has 0 saturated carbocycles. The molecule has 0 saturated heterocycles. The molecule has 0 fully saturated rings. The third-order valence-electron chi connectivity index (χ3n) is 12.0. The summed E-state index contributed by atoms with van der Waals surface area (Å²) in [4.78, 5) is 37.3. The van der Waals surface area contributed by atoms with Crippen LogP contribution in [0.25, 0.3) is 0 Å². The molecule has 0 aromatic rings. The quantitative estimate of drug-likeness (QED) is 0.0195. The number of quaternary nitrogens is 1. The van der Waals surface area contributed by atoms with Crippen molar-refractivity contribution in [3.8, 4) is 0 Å². The molecule has 9 nitrogen and oxygen atoms in total. The van der Waals surface area contributed by atoms with Gasteiger partial charge < -0.3 is 33.3 Å². The lowest BCUT2D eigenvalue weighted by Gasteiger charge is -2.26. The Balaban J connectivity index is 4.40. The van der Waals surface area contributed by atoms with Gasteiger partial charge in [-0.1, -0.05) is 227 Å².